The first-order valence-electron chi connectivity index (χ1n) is 12.0. The third kappa shape index (κ3) is 6.28. The maximum absolute atomic E-state index is 5.98. The highest BCUT2D eigenvalue weighted by Crippen LogP contribution is 2.25. The zero-order valence-electron chi connectivity index (χ0n) is 20.7. The fourth-order valence-electron chi connectivity index (χ4n) is 3.94. The second kappa shape index (κ2) is 11.2. The molecule has 1 unspecified atom stereocenters. The third-order valence-electron chi connectivity index (χ3n) is 6.18. The summed E-state index contributed by atoms with van der Waals surface area (Å²) in [5, 5.41) is 11.9. The Morgan fingerprint density at radius 1 is 0.943 bits per heavy atom. The van der Waals surface area contributed by atoms with E-state index in [-0.39, 0.29) is 0 Å². The molecule has 0 saturated carbocycles. The molecule has 4 aromatic rings. The number of thiocarbonyl (C=S) groups is 1. The van der Waals surface area contributed by atoms with E-state index in [9.17, 15) is 0 Å². The molecule has 4 rings (SSSR count). The molecule has 1 atom stereocenters. The van der Waals surface area contributed by atoms with Crippen LogP contribution < -0.4 is 15.4 Å². The monoisotopic (exact) mass is 484 g/mol. The van der Waals surface area contributed by atoms with Gasteiger partial charge in [0, 0.05) is 5.69 Å². The highest BCUT2D eigenvalue weighted by molar-refractivity contribution is 7.80. The number of para-hydroxylation sites is 1. The van der Waals surface area contributed by atoms with Gasteiger partial charge < -0.3 is 15.4 Å². The average molecular weight is 485 g/mol. The number of benzene rings is 3. The maximum Gasteiger partial charge on any atom is 0.175 e. The lowest BCUT2D eigenvalue weighted by molar-refractivity contribution is 0.481. The van der Waals surface area contributed by atoms with Gasteiger partial charge in [-0.05, 0) is 85.9 Å². The van der Waals surface area contributed by atoms with Gasteiger partial charge in [0.05, 0.1) is 23.6 Å². The minimum Gasteiger partial charge on any atom is -0.457 e. The van der Waals surface area contributed by atoms with Crippen molar-refractivity contribution in [2.75, 3.05) is 10.6 Å². The molecule has 0 radical (unpaired) electrons. The molecule has 0 saturated heterocycles. The summed E-state index contributed by atoms with van der Waals surface area (Å²) in [5.74, 6) is 2.17. The number of ether oxygens (including phenoxy) is 1. The van der Waals surface area contributed by atoms with Crippen LogP contribution >= 0.6 is 12.2 Å². The van der Waals surface area contributed by atoms with E-state index in [1.807, 2.05) is 60.1 Å². The number of aryl methyl sites for hydroxylation is 1. The molecule has 0 fully saturated rings. The molecule has 0 aliphatic rings. The minimum atomic E-state index is 0.547. The molecule has 3 aromatic carbocycles. The van der Waals surface area contributed by atoms with Gasteiger partial charge in [-0.2, -0.15) is 5.10 Å². The lowest BCUT2D eigenvalue weighted by Crippen LogP contribution is -2.20. The molecule has 1 heterocycles. The van der Waals surface area contributed by atoms with Crippen LogP contribution in [-0.2, 0) is 6.54 Å². The number of nitrogens with zero attached hydrogens (tertiary/aromatic N) is 2. The van der Waals surface area contributed by atoms with E-state index in [4.69, 9.17) is 22.1 Å². The van der Waals surface area contributed by atoms with E-state index in [1.54, 1.807) is 0 Å². The van der Waals surface area contributed by atoms with Crippen molar-refractivity contribution in [3.05, 3.63) is 101 Å². The van der Waals surface area contributed by atoms with E-state index < -0.39 is 0 Å². The smallest absolute Gasteiger partial charge is 0.175 e. The maximum atomic E-state index is 5.98. The quantitative estimate of drug-likeness (QED) is 0.251. The normalized spacial score (nSPS) is 11.7. The van der Waals surface area contributed by atoms with Crippen molar-refractivity contribution in [1.82, 2.24) is 9.78 Å². The van der Waals surface area contributed by atoms with Gasteiger partial charge in [0.15, 0.2) is 5.11 Å². The first-order chi connectivity index (χ1) is 16.9. The summed E-state index contributed by atoms with van der Waals surface area (Å²) in [4.78, 5) is 0. The predicted molar refractivity (Wildman–Crippen MR) is 149 cm³/mol. The SMILES string of the molecule is CCC(C)c1ccc(NC(=S)Nc2c(C)nn(Cc3cccc(Oc4ccccc4)c3)c2C)cc1. The number of rotatable bonds is 8. The number of anilines is 2. The second-order valence-corrected chi connectivity index (χ2v) is 9.18. The molecule has 35 heavy (non-hydrogen) atoms. The summed E-state index contributed by atoms with van der Waals surface area (Å²) in [6, 6.07) is 26.3. The van der Waals surface area contributed by atoms with Crippen molar-refractivity contribution in [2.24, 2.45) is 0 Å². The summed E-state index contributed by atoms with van der Waals surface area (Å²) >= 11 is 5.59. The van der Waals surface area contributed by atoms with Gasteiger partial charge in [-0.1, -0.05) is 56.3 Å². The van der Waals surface area contributed by atoms with Crippen LogP contribution in [0.1, 0.15) is 48.7 Å². The lowest BCUT2D eigenvalue weighted by atomic mass is 9.99. The van der Waals surface area contributed by atoms with Crippen molar-refractivity contribution in [1.29, 1.82) is 0 Å². The standard InChI is InChI=1S/C29H32N4OS/c1-5-20(2)24-14-16-25(17-15-24)30-29(35)31-28-21(3)32-33(22(28)4)19-23-10-9-13-27(18-23)34-26-11-7-6-8-12-26/h6-18,20H,5,19H2,1-4H3,(H2,30,31,35). The van der Waals surface area contributed by atoms with E-state index in [0.29, 0.717) is 17.6 Å². The molecule has 0 amide bonds. The number of hydrogen-bond donors (Lipinski definition) is 2. The van der Waals surface area contributed by atoms with Crippen molar-refractivity contribution < 1.29 is 4.74 Å². The first-order valence-corrected chi connectivity index (χ1v) is 12.4. The molecule has 2 N–H and O–H groups in total. The lowest BCUT2D eigenvalue weighted by Gasteiger charge is -2.13. The molecule has 180 valence electrons. The van der Waals surface area contributed by atoms with Gasteiger partial charge in [0.2, 0.25) is 0 Å². The van der Waals surface area contributed by atoms with E-state index in [2.05, 4.69) is 61.7 Å². The van der Waals surface area contributed by atoms with Crippen molar-refractivity contribution in [3.63, 3.8) is 0 Å². The molecule has 0 bridgehead atoms. The van der Waals surface area contributed by atoms with Crippen molar-refractivity contribution in [3.8, 4) is 11.5 Å². The molecular weight excluding hydrogens is 452 g/mol. The van der Waals surface area contributed by atoms with Crippen molar-refractivity contribution in [2.45, 2.75) is 46.6 Å². The predicted octanol–water partition coefficient (Wildman–Crippen LogP) is 7.66. The van der Waals surface area contributed by atoms with Crippen LogP contribution in [0.5, 0.6) is 11.5 Å². The highest BCUT2D eigenvalue weighted by Gasteiger charge is 2.14. The minimum absolute atomic E-state index is 0.547. The van der Waals surface area contributed by atoms with Crippen molar-refractivity contribution >= 4 is 28.7 Å². The Bertz CT molecular complexity index is 1280. The average Bonchev–Trinajstić information content (AvgIpc) is 3.12. The zero-order chi connectivity index (χ0) is 24.8. The second-order valence-electron chi connectivity index (χ2n) is 8.78. The van der Waals surface area contributed by atoms with Gasteiger partial charge in [-0.3, -0.25) is 4.68 Å². The van der Waals surface area contributed by atoms with Crippen LogP contribution in [-0.4, -0.2) is 14.9 Å². The van der Waals surface area contributed by atoms with Gasteiger partial charge in [0.1, 0.15) is 11.5 Å². The van der Waals surface area contributed by atoms with E-state index in [0.717, 1.165) is 46.2 Å². The Labute approximate surface area is 213 Å². The molecule has 1 aromatic heterocycles. The molecule has 5 nitrogen and oxygen atoms in total. The van der Waals surface area contributed by atoms with Gasteiger partial charge in [-0.15, -0.1) is 0 Å². The first kappa shape index (κ1) is 24.5. The highest BCUT2D eigenvalue weighted by atomic mass is 32.1. The Hall–Kier alpha value is -3.64. The number of aromatic nitrogens is 2. The van der Waals surface area contributed by atoms with Crippen LogP contribution in [0.25, 0.3) is 0 Å². The summed E-state index contributed by atoms with van der Waals surface area (Å²) in [5.41, 5.74) is 6.26. The topological polar surface area (TPSA) is 51.1 Å². The molecule has 0 spiro atoms. The summed E-state index contributed by atoms with van der Waals surface area (Å²) < 4.78 is 7.97. The molecule has 0 aliphatic carbocycles. The Morgan fingerprint density at radius 2 is 1.66 bits per heavy atom. The Morgan fingerprint density at radius 3 is 2.37 bits per heavy atom. The Balaban J connectivity index is 1.42. The largest absolute Gasteiger partial charge is 0.457 e. The summed E-state index contributed by atoms with van der Waals surface area (Å²) in [7, 11) is 0. The third-order valence-corrected chi connectivity index (χ3v) is 6.38. The number of hydrogen-bond acceptors (Lipinski definition) is 3. The van der Waals surface area contributed by atoms with E-state index >= 15 is 0 Å². The van der Waals surface area contributed by atoms with E-state index in [1.165, 1.54) is 5.56 Å². The zero-order valence-corrected chi connectivity index (χ0v) is 21.5. The van der Waals surface area contributed by atoms with Crippen LogP contribution in [0.2, 0.25) is 0 Å². The van der Waals surface area contributed by atoms with Gasteiger partial charge in [-0.25, -0.2) is 0 Å². The van der Waals surface area contributed by atoms with Crippen LogP contribution in [0.15, 0.2) is 78.9 Å². The molecule has 0 aliphatic heterocycles. The fourth-order valence-corrected chi connectivity index (χ4v) is 4.16. The number of nitrogens with one attached hydrogen (secondary N) is 2. The van der Waals surface area contributed by atoms with Gasteiger partial charge >= 0.3 is 0 Å². The van der Waals surface area contributed by atoms with Crippen LogP contribution in [0.4, 0.5) is 11.4 Å². The molecular formula is C29H32N4OS. The van der Waals surface area contributed by atoms with Crippen LogP contribution in [0, 0.1) is 13.8 Å². The Kier molecular flexibility index (Phi) is 7.83. The molecule has 6 heteroatoms. The summed E-state index contributed by atoms with van der Waals surface area (Å²) in [6.07, 6.45) is 1.12. The van der Waals surface area contributed by atoms with Gasteiger partial charge in [0.25, 0.3) is 0 Å². The van der Waals surface area contributed by atoms with Crippen LogP contribution in [0.3, 0.4) is 0 Å². The summed E-state index contributed by atoms with van der Waals surface area (Å²) in [6.45, 7) is 9.12. The fraction of sp³-hybridized carbons (Fsp3) is 0.241.